The quantitative estimate of drug-likeness (QED) is 0.324. The van der Waals surface area contributed by atoms with Crippen molar-refractivity contribution in [1.29, 1.82) is 0 Å². The third-order valence-electron chi connectivity index (χ3n) is 8.27. The minimum absolute atomic E-state index is 0.0321. The number of benzene rings is 2. The summed E-state index contributed by atoms with van der Waals surface area (Å²) in [6.45, 7) is -0.0437. The molecule has 216 valence electrons. The van der Waals surface area contributed by atoms with Crippen molar-refractivity contribution in [2.24, 2.45) is 11.8 Å². The summed E-state index contributed by atoms with van der Waals surface area (Å²) in [4.78, 5) is 23.8. The number of hydrogen-bond donors (Lipinski definition) is 5. The molecule has 2 aromatic rings. The Hall–Kier alpha value is -2.84. The number of amides is 2. The predicted molar refractivity (Wildman–Crippen MR) is 137 cm³/mol. The van der Waals surface area contributed by atoms with Crippen LogP contribution in [0.3, 0.4) is 0 Å². The molecule has 0 spiro atoms. The second-order valence-electron chi connectivity index (χ2n) is 10.5. The summed E-state index contributed by atoms with van der Waals surface area (Å²) in [6.07, 6.45) is -4.34. The van der Waals surface area contributed by atoms with E-state index in [1.807, 2.05) is 0 Å². The van der Waals surface area contributed by atoms with Crippen LogP contribution < -0.4 is 10.6 Å². The van der Waals surface area contributed by atoms with Gasteiger partial charge in [0.25, 0.3) is 5.91 Å². The highest BCUT2D eigenvalue weighted by molar-refractivity contribution is 7.92. The Morgan fingerprint density at radius 2 is 1.77 bits per heavy atom. The number of carbonyl (C=O) groups excluding carboxylic acids is 2. The summed E-state index contributed by atoms with van der Waals surface area (Å²) in [5.41, 5.74) is -1.91. The number of alkyl carbamates (subject to hydrolysis) is 1. The van der Waals surface area contributed by atoms with Crippen LogP contribution in [-0.4, -0.2) is 71.4 Å². The van der Waals surface area contributed by atoms with Gasteiger partial charge in [-0.15, -0.1) is 0 Å². The summed E-state index contributed by atoms with van der Waals surface area (Å²) in [5, 5.41) is 36.8. The molecule has 5 N–H and O–H groups in total. The molecule has 40 heavy (non-hydrogen) atoms. The van der Waals surface area contributed by atoms with Crippen LogP contribution in [0.15, 0.2) is 41.3 Å². The average molecular weight is 601 g/mol. The molecule has 2 amide bonds. The Labute approximate surface area is 233 Å². The third kappa shape index (κ3) is 4.94. The van der Waals surface area contributed by atoms with Gasteiger partial charge in [0.1, 0.15) is 18.3 Å². The van der Waals surface area contributed by atoms with Crippen molar-refractivity contribution < 1.29 is 46.8 Å². The first kappa shape index (κ1) is 28.7. The van der Waals surface area contributed by atoms with Gasteiger partial charge in [-0.05, 0) is 67.9 Å². The minimum atomic E-state index is -4.13. The maximum absolute atomic E-state index is 13.7. The zero-order valence-electron chi connectivity index (χ0n) is 20.9. The molecule has 10 nitrogen and oxygen atoms in total. The van der Waals surface area contributed by atoms with Crippen molar-refractivity contribution in [3.63, 3.8) is 0 Å². The Balaban J connectivity index is 1.35. The molecule has 7 atom stereocenters. The van der Waals surface area contributed by atoms with Crippen molar-refractivity contribution in [2.75, 3.05) is 11.9 Å². The Kier molecular flexibility index (Phi) is 7.55. The number of rotatable bonds is 7. The number of carbonyl (C=O) groups is 2. The first-order valence-corrected chi connectivity index (χ1v) is 14.6. The molecule has 1 heterocycles. The number of anilines is 1. The van der Waals surface area contributed by atoms with Crippen molar-refractivity contribution in [1.82, 2.24) is 5.32 Å². The van der Waals surface area contributed by atoms with Crippen molar-refractivity contribution in [3.05, 3.63) is 58.6 Å². The molecule has 3 aliphatic rings. The molecular weight excluding hydrogens is 574 g/mol. The van der Waals surface area contributed by atoms with E-state index in [0.29, 0.717) is 12.8 Å². The maximum Gasteiger partial charge on any atom is 0.407 e. The zero-order chi connectivity index (χ0) is 29.0. The van der Waals surface area contributed by atoms with Crippen LogP contribution in [0.2, 0.25) is 5.02 Å². The van der Waals surface area contributed by atoms with Gasteiger partial charge in [-0.1, -0.05) is 11.6 Å². The standard InChI is InChI=1S/C26H27ClF2N2O8S/c27-17-5-1-12(24(34)31-15-4-6-18(28)19(29)10-15)7-21(17)40(37,38)16-8-13-2-3-14(9-16)26(13,36)23(33)22(32)20-11-30-25(35)39-20/h1,4-7,10,13-14,16,20,22-23,32-33,36H,2-3,8-9,11H2,(H,30,35)(H,31,34)/t13-,14?,16?,20?,22-,23+,26?/m0/s1. The van der Waals surface area contributed by atoms with E-state index in [0.717, 1.165) is 24.3 Å². The molecule has 1 saturated heterocycles. The number of halogens is 3. The normalized spacial score (nSPS) is 29.4. The summed E-state index contributed by atoms with van der Waals surface area (Å²) < 4.78 is 59.2. The molecule has 3 fully saturated rings. The molecular formula is C26H27ClF2N2O8S. The maximum atomic E-state index is 13.7. The minimum Gasteiger partial charge on any atom is -0.441 e. The van der Waals surface area contributed by atoms with Gasteiger partial charge in [-0.2, -0.15) is 0 Å². The van der Waals surface area contributed by atoms with Gasteiger partial charge in [0, 0.05) is 17.3 Å². The molecule has 4 unspecified atom stereocenters. The highest BCUT2D eigenvalue weighted by atomic mass is 35.5. The number of nitrogens with one attached hydrogen (secondary N) is 2. The predicted octanol–water partition coefficient (Wildman–Crippen LogP) is 2.39. The lowest BCUT2D eigenvalue weighted by Gasteiger charge is -2.46. The number of aliphatic hydroxyl groups excluding tert-OH is 2. The van der Waals surface area contributed by atoms with Crippen molar-refractivity contribution in [3.8, 4) is 0 Å². The van der Waals surface area contributed by atoms with Gasteiger partial charge in [-0.25, -0.2) is 22.0 Å². The second-order valence-corrected chi connectivity index (χ2v) is 13.1. The molecule has 2 saturated carbocycles. The van der Waals surface area contributed by atoms with Crippen LogP contribution in [-0.2, 0) is 14.6 Å². The highest BCUT2D eigenvalue weighted by Gasteiger charge is 2.61. The van der Waals surface area contributed by atoms with E-state index in [2.05, 4.69) is 10.6 Å². The third-order valence-corrected chi connectivity index (χ3v) is 10.9. The van der Waals surface area contributed by atoms with Crippen LogP contribution in [0, 0.1) is 23.5 Å². The largest absolute Gasteiger partial charge is 0.441 e. The van der Waals surface area contributed by atoms with Gasteiger partial charge in [0.2, 0.25) is 0 Å². The summed E-state index contributed by atoms with van der Waals surface area (Å²) in [6, 6.07) is 6.44. The Morgan fingerprint density at radius 3 is 2.38 bits per heavy atom. The number of hydrogen-bond acceptors (Lipinski definition) is 8. The average Bonchev–Trinajstić information content (AvgIpc) is 3.39. The fraction of sp³-hybridized carbons (Fsp3) is 0.462. The smallest absolute Gasteiger partial charge is 0.407 e. The van der Waals surface area contributed by atoms with Gasteiger partial charge >= 0.3 is 6.09 Å². The number of fused-ring (bicyclic) bond motifs is 2. The van der Waals surface area contributed by atoms with Crippen LogP contribution in [0.1, 0.15) is 36.0 Å². The van der Waals surface area contributed by atoms with Gasteiger partial charge in [0.05, 0.1) is 27.3 Å². The number of aliphatic hydroxyl groups is 3. The Bertz CT molecular complexity index is 1440. The number of cyclic esters (lactones) is 1. The lowest BCUT2D eigenvalue weighted by Crippen LogP contribution is -2.61. The van der Waals surface area contributed by atoms with E-state index >= 15 is 0 Å². The van der Waals surface area contributed by atoms with Crippen molar-refractivity contribution >= 4 is 39.1 Å². The molecule has 0 radical (unpaired) electrons. The van der Waals surface area contributed by atoms with Gasteiger partial charge in [-0.3, -0.25) is 4.79 Å². The topological polar surface area (TPSA) is 162 Å². The highest BCUT2D eigenvalue weighted by Crippen LogP contribution is 2.54. The molecule has 2 bridgehead atoms. The summed E-state index contributed by atoms with van der Waals surface area (Å²) >= 11 is 6.25. The van der Waals surface area contributed by atoms with Crippen LogP contribution in [0.5, 0.6) is 0 Å². The molecule has 0 aromatic heterocycles. The van der Waals surface area contributed by atoms with E-state index in [4.69, 9.17) is 16.3 Å². The summed E-state index contributed by atoms with van der Waals surface area (Å²) in [5.74, 6) is -4.38. The molecule has 1 aliphatic heterocycles. The molecule has 2 aliphatic carbocycles. The lowest BCUT2D eigenvalue weighted by atomic mass is 9.69. The van der Waals surface area contributed by atoms with Gasteiger partial charge in [0.15, 0.2) is 21.5 Å². The SMILES string of the molecule is O=C1NCC([C@H](O)[C@@H](O)C2(O)C3CC[C@H]2CC(S(=O)(=O)c2cc(C(=O)Nc4ccc(F)c(F)c4)ccc2Cl)C3)O1. The van der Waals surface area contributed by atoms with Crippen LogP contribution in [0.4, 0.5) is 19.3 Å². The van der Waals surface area contributed by atoms with Crippen molar-refractivity contribution in [2.45, 2.75) is 59.7 Å². The van der Waals surface area contributed by atoms with E-state index in [9.17, 15) is 42.1 Å². The van der Waals surface area contributed by atoms with E-state index in [1.165, 1.54) is 12.1 Å². The first-order chi connectivity index (χ1) is 18.8. The second kappa shape index (κ2) is 10.5. The zero-order valence-corrected chi connectivity index (χ0v) is 22.5. The lowest BCUT2D eigenvalue weighted by molar-refractivity contribution is -0.189. The van der Waals surface area contributed by atoms with E-state index in [-0.39, 0.29) is 40.6 Å². The van der Waals surface area contributed by atoms with E-state index in [1.54, 1.807) is 0 Å². The molecule has 2 aromatic carbocycles. The summed E-state index contributed by atoms with van der Waals surface area (Å²) in [7, 11) is -4.13. The number of sulfone groups is 1. The first-order valence-electron chi connectivity index (χ1n) is 12.6. The van der Waals surface area contributed by atoms with Crippen LogP contribution in [0.25, 0.3) is 0 Å². The van der Waals surface area contributed by atoms with E-state index < -0.39 is 74.5 Å². The fourth-order valence-electron chi connectivity index (χ4n) is 6.17. The van der Waals surface area contributed by atoms with Crippen LogP contribution >= 0.6 is 11.6 Å². The Morgan fingerprint density at radius 1 is 1.10 bits per heavy atom. The molecule has 14 heteroatoms. The molecule has 5 rings (SSSR count). The number of ether oxygens (including phenoxy) is 1. The fourth-order valence-corrected chi connectivity index (χ4v) is 8.57. The monoisotopic (exact) mass is 600 g/mol. The van der Waals surface area contributed by atoms with Gasteiger partial charge < -0.3 is 30.7 Å².